The van der Waals surface area contributed by atoms with Crippen molar-refractivity contribution in [3.8, 4) is 6.07 Å². The van der Waals surface area contributed by atoms with Crippen LogP contribution in [0.5, 0.6) is 0 Å². The van der Waals surface area contributed by atoms with Crippen molar-refractivity contribution >= 4 is 50.4 Å². The van der Waals surface area contributed by atoms with Crippen LogP contribution in [0.1, 0.15) is 40.4 Å². The highest BCUT2D eigenvalue weighted by molar-refractivity contribution is 9.10. The first-order valence-electron chi connectivity index (χ1n) is 7.66. The van der Waals surface area contributed by atoms with Gasteiger partial charge in [-0.1, -0.05) is 31.3 Å². The Hall–Kier alpha value is -1.55. The van der Waals surface area contributed by atoms with Crippen LogP contribution < -0.4 is 5.32 Å². The van der Waals surface area contributed by atoms with Gasteiger partial charge in [-0.05, 0) is 64.4 Å². The largest absolute Gasteiger partial charge is 0.312 e. The summed E-state index contributed by atoms with van der Waals surface area (Å²) in [5.41, 5.74) is 3.23. The van der Waals surface area contributed by atoms with Crippen molar-refractivity contribution in [2.75, 3.05) is 5.32 Å². The summed E-state index contributed by atoms with van der Waals surface area (Å²) in [5.74, 6) is 0.340. The molecular formula is C18H15BrN2OS2. The number of carbonyl (C=O) groups is 1. The van der Waals surface area contributed by atoms with Crippen molar-refractivity contribution in [3.05, 3.63) is 54.8 Å². The maximum Gasteiger partial charge on any atom is 0.257 e. The molecule has 1 aromatic heterocycles. The van der Waals surface area contributed by atoms with E-state index in [0.717, 1.165) is 38.7 Å². The number of rotatable bonds is 2. The molecule has 1 aliphatic carbocycles. The molecule has 0 fully saturated rings. The Balaban J connectivity index is 2.02. The highest BCUT2D eigenvalue weighted by atomic mass is 79.9. The summed E-state index contributed by atoms with van der Waals surface area (Å²) in [6, 6.07) is 9.49. The molecule has 1 heterocycles. The Morgan fingerprint density at radius 3 is 2.88 bits per heavy atom. The van der Waals surface area contributed by atoms with E-state index in [9.17, 15) is 10.1 Å². The molecule has 0 saturated carbocycles. The Morgan fingerprint density at radius 2 is 2.17 bits per heavy atom. The molecule has 1 aromatic carbocycles. The topological polar surface area (TPSA) is 52.9 Å². The third-order valence-electron chi connectivity index (χ3n) is 4.23. The summed E-state index contributed by atoms with van der Waals surface area (Å²) in [7, 11) is 0. The number of nitriles is 1. The number of anilines is 1. The lowest BCUT2D eigenvalue weighted by molar-refractivity contribution is 0.102. The van der Waals surface area contributed by atoms with Crippen LogP contribution in [0.2, 0.25) is 0 Å². The fourth-order valence-electron chi connectivity index (χ4n) is 2.96. The number of halogens is 1. The lowest BCUT2D eigenvalue weighted by Gasteiger charge is -2.23. The first-order valence-corrected chi connectivity index (χ1v) is 9.68. The second-order valence-corrected chi connectivity index (χ2v) is 8.49. The Kier molecular flexibility index (Phi) is 5.14. The number of hydrogen-bond acceptors (Lipinski definition) is 4. The molecular weight excluding hydrogens is 404 g/mol. The van der Waals surface area contributed by atoms with E-state index in [1.54, 1.807) is 12.1 Å². The summed E-state index contributed by atoms with van der Waals surface area (Å²) >= 11 is 10.2. The summed E-state index contributed by atoms with van der Waals surface area (Å²) in [6.07, 6.45) is 2.80. The summed E-state index contributed by atoms with van der Waals surface area (Å²) < 4.78 is 1.49. The summed E-state index contributed by atoms with van der Waals surface area (Å²) in [5, 5.41) is 13.1. The third kappa shape index (κ3) is 3.30. The Morgan fingerprint density at radius 1 is 1.42 bits per heavy atom. The van der Waals surface area contributed by atoms with Gasteiger partial charge in [0, 0.05) is 4.47 Å². The van der Waals surface area contributed by atoms with Crippen LogP contribution in [0.4, 0.5) is 5.00 Å². The minimum Gasteiger partial charge on any atom is -0.312 e. The van der Waals surface area contributed by atoms with Crippen LogP contribution >= 0.6 is 39.5 Å². The lowest BCUT2D eigenvalue weighted by Crippen LogP contribution is -2.17. The molecule has 0 bridgehead atoms. The first kappa shape index (κ1) is 17.3. The van der Waals surface area contributed by atoms with E-state index < -0.39 is 0 Å². The van der Waals surface area contributed by atoms with Crippen LogP contribution in [-0.2, 0) is 12.8 Å². The Bertz CT molecular complexity index is 914. The summed E-state index contributed by atoms with van der Waals surface area (Å²) in [6.45, 7) is 2.21. The van der Waals surface area contributed by atoms with Gasteiger partial charge in [-0.25, -0.2) is 0 Å². The Labute approximate surface area is 158 Å². The van der Waals surface area contributed by atoms with E-state index in [2.05, 4.69) is 34.2 Å². The maximum atomic E-state index is 12.6. The minimum absolute atomic E-state index is 0.242. The second kappa shape index (κ2) is 7.14. The van der Waals surface area contributed by atoms with Crippen molar-refractivity contribution in [2.24, 2.45) is 5.92 Å². The molecule has 0 radical (unpaired) electrons. The van der Waals surface area contributed by atoms with Gasteiger partial charge in [0.15, 0.2) is 0 Å². The molecule has 0 spiro atoms. The smallest absolute Gasteiger partial charge is 0.257 e. The number of benzene rings is 1. The standard InChI is InChI=1S/C18H15BrN2OS2/c1-10-6-7-11-13(8-10)18(23)24-17(14(11)9-20)21-16(22)12-4-2-3-5-15(12)19/h2-5,10H,6-8H2,1H3,(H,21,22). The maximum absolute atomic E-state index is 12.6. The van der Waals surface area contributed by atoms with Gasteiger partial charge >= 0.3 is 0 Å². The molecule has 1 aliphatic rings. The van der Waals surface area contributed by atoms with Gasteiger partial charge in [0.25, 0.3) is 5.91 Å². The molecule has 1 unspecified atom stereocenters. The van der Waals surface area contributed by atoms with E-state index in [1.165, 1.54) is 11.3 Å². The predicted octanol–water partition coefficient (Wildman–Crippen LogP) is 5.49. The van der Waals surface area contributed by atoms with Gasteiger partial charge in [0.1, 0.15) is 11.1 Å². The van der Waals surface area contributed by atoms with Gasteiger partial charge < -0.3 is 5.32 Å². The molecule has 1 amide bonds. The number of nitrogens with one attached hydrogen (secondary N) is 1. The molecule has 1 N–H and O–H groups in total. The quantitative estimate of drug-likeness (QED) is 0.655. The van der Waals surface area contributed by atoms with Crippen LogP contribution in [0.3, 0.4) is 0 Å². The zero-order valence-electron chi connectivity index (χ0n) is 13.1. The van der Waals surface area contributed by atoms with E-state index in [-0.39, 0.29) is 5.91 Å². The average Bonchev–Trinajstić information content (AvgIpc) is 2.56. The highest BCUT2D eigenvalue weighted by Crippen LogP contribution is 2.36. The average molecular weight is 419 g/mol. The van der Waals surface area contributed by atoms with Gasteiger partial charge in [-0.3, -0.25) is 4.79 Å². The molecule has 122 valence electrons. The first-order chi connectivity index (χ1) is 11.5. The molecule has 2 aromatic rings. The fraction of sp³-hybridized carbons (Fsp3) is 0.278. The SMILES string of the molecule is CC1CCc2c(C#N)c(NC(=O)c3ccccc3Br)sc(=S)c2C1. The highest BCUT2D eigenvalue weighted by Gasteiger charge is 2.23. The number of amides is 1. The van der Waals surface area contributed by atoms with E-state index in [0.29, 0.717) is 22.0 Å². The number of nitrogens with zero attached hydrogens (tertiary/aromatic N) is 1. The predicted molar refractivity (Wildman–Crippen MR) is 103 cm³/mol. The fourth-order valence-corrected chi connectivity index (χ4v) is 4.81. The van der Waals surface area contributed by atoms with Crippen LogP contribution in [0, 0.1) is 21.1 Å². The molecule has 0 aliphatic heterocycles. The van der Waals surface area contributed by atoms with E-state index in [4.69, 9.17) is 12.2 Å². The minimum atomic E-state index is -0.242. The molecule has 6 heteroatoms. The van der Waals surface area contributed by atoms with Crippen molar-refractivity contribution in [3.63, 3.8) is 0 Å². The van der Waals surface area contributed by atoms with Crippen molar-refractivity contribution in [1.29, 1.82) is 5.26 Å². The molecule has 24 heavy (non-hydrogen) atoms. The van der Waals surface area contributed by atoms with Crippen LogP contribution in [0.25, 0.3) is 0 Å². The third-order valence-corrected chi connectivity index (χ3v) is 6.36. The number of carbonyl (C=O) groups excluding carboxylic acids is 1. The van der Waals surface area contributed by atoms with Crippen molar-refractivity contribution < 1.29 is 4.79 Å². The molecule has 3 nitrogen and oxygen atoms in total. The van der Waals surface area contributed by atoms with Crippen LogP contribution in [0.15, 0.2) is 28.7 Å². The second-order valence-electron chi connectivity index (χ2n) is 5.94. The van der Waals surface area contributed by atoms with E-state index in [1.807, 2.05) is 12.1 Å². The van der Waals surface area contributed by atoms with Gasteiger partial charge in [0.05, 0.1) is 15.0 Å². The molecule has 0 saturated heterocycles. The lowest BCUT2D eigenvalue weighted by atomic mass is 9.85. The number of fused-ring (bicyclic) bond motifs is 1. The molecule has 3 rings (SSSR count). The van der Waals surface area contributed by atoms with E-state index >= 15 is 0 Å². The monoisotopic (exact) mass is 418 g/mol. The zero-order valence-corrected chi connectivity index (χ0v) is 16.3. The van der Waals surface area contributed by atoms with Crippen molar-refractivity contribution in [2.45, 2.75) is 26.2 Å². The van der Waals surface area contributed by atoms with Gasteiger partial charge in [0.2, 0.25) is 0 Å². The number of hydrogen-bond donors (Lipinski definition) is 1. The molecule has 1 atom stereocenters. The zero-order chi connectivity index (χ0) is 17.3. The van der Waals surface area contributed by atoms with Crippen LogP contribution in [-0.4, -0.2) is 5.91 Å². The summed E-state index contributed by atoms with van der Waals surface area (Å²) in [4.78, 5) is 12.6. The van der Waals surface area contributed by atoms with Gasteiger partial charge in [-0.15, -0.1) is 11.3 Å². The van der Waals surface area contributed by atoms with Crippen molar-refractivity contribution in [1.82, 2.24) is 0 Å². The van der Waals surface area contributed by atoms with Gasteiger partial charge in [-0.2, -0.15) is 5.26 Å². The normalized spacial score (nSPS) is 16.1.